The molecule has 0 heterocycles. The van der Waals surface area contributed by atoms with Crippen LogP contribution in [0.25, 0.3) is 0 Å². The van der Waals surface area contributed by atoms with Gasteiger partial charge in [0.25, 0.3) is 0 Å². The fraction of sp³-hybridized carbons (Fsp3) is 0.923. The molecule has 0 aromatic heterocycles. The van der Waals surface area contributed by atoms with Crippen LogP contribution in [0, 0.1) is 0 Å². The average molecular weight is 243 g/mol. The maximum atomic E-state index is 5.74. The van der Waals surface area contributed by atoms with E-state index in [0.29, 0.717) is 5.96 Å². The van der Waals surface area contributed by atoms with Crippen LogP contribution in [-0.2, 0) is 4.74 Å². The lowest BCUT2D eigenvalue weighted by Gasteiger charge is -2.05. The van der Waals surface area contributed by atoms with Crippen molar-refractivity contribution in [1.82, 2.24) is 5.32 Å². The number of aliphatic imine (C=N–C) groups is 1. The monoisotopic (exact) mass is 243 g/mol. The van der Waals surface area contributed by atoms with Crippen molar-refractivity contribution in [1.29, 1.82) is 0 Å². The van der Waals surface area contributed by atoms with Crippen LogP contribution in [0.1, 0.15) is 51.9 Å². The number of ether oxygens (including phenoxy) is 1. The molecule has 4 heteroatoms. The maximum Gasteiger partial charge on any atom is 0.188 e. The van der Waals surface area contributed by atoms with E-state index in [0.717, 1.165) is 39.0 Å². The zero-order valence-corrected chi connectivity index (χ0v) is 11.5. The molecule has 0 bridgehead atoms. The molecule has 0 saturated heterocycles. The van der Waals surface area contributed by atoms with Gasteiger partial charge in [0.2, 0.25) is 0 Å². The van der Waals surface area contributed by atoms with E-state index >= 15 is 0 Å². The summed E-state index contributed by atoms with van der Waals surface area (Å²) in [4.78, 5) is 4.28. The number of nitrogens with two attached hydrogens (primary N) is 1. The summed E-state index contributed by atoms with van der Waals surface area (Å²) in [6.07, 6.45) is 8.37. The quantitative estimate of drug-likeness (QED) is 0.332. The van der Waals surface area contributed by atoms with Crippen LogP contribution < -0.4 is 11.1 Å². The smallest absolute Gasteiger partial charge is 0.188 e. The van der Waals surface area contributed by atoms with Gasteiger partial charge in [0.05, 0.1) is 0 Å². The van der Waals surface area contributed by atoms with Gasteiger partial charge in [-0.05, 0) is 25.7 Å². The number of hydrogen-bond acceptors (Lipinski definition) is 2. The van der Waals surface area contributed by atoms with Crippen LogP contribution in [0.5, 0.6) is 0 Å². The molecule has 0 fully saturated rings. The van der Waals surface area contributed by atoms with Crippen molar-refractivity contribution in [3.8, 4) is 0 Å². The van der Waals surface area contributed by atoms with Gasteiger partial charge in [-0.2, -0.15) is 0 Å². The number of methoxy groups -OCH3 is 1. The van der Waals surface area contributed by atoms with Gasteiger partial charge >= 0.3 is 0 Å². The molecular formula is C13H29N3O. The summed E-state index contributed by atoms with van der Waals surface area (Å²) in [5, 5.41) is 3.15. The van der Waals surface area contributed by atoms with E-state index < -0.39 is 0 Å². The molecule has 4 nitrogen and oxygen atoms in total. The van der Waals surface area contributed by atoms with Crippen LogP contribution >= 0.6 is 0 Å². The van der Waals surface area contributed by atoms with Gasteiger partial charge in [0.1, 0.15) is 0 Å². The van der Waals surface area contributed by atoms with Gasteiger partial charge in [-0.1, -0.05) is 26.2 Å². The molecular weight excluding hydrogens is 214 g/mol. The molecule has 0 radical (unpaired) electrons. The largest absolute Gasteiger partial charge is 0.385 e. The third-order valence-corrected chi connectivity index (χ3v) is 2.63. The lowest BCUT2D eigenvalue weighted by atomic mass is 10.2. The Kier molecular flexibility index (Phi) is 12.7. The SMILES string of the molecule is CCCCCCNC(N)=NCCCCCOC. The normalized spacial score (nSPS) is 11.8. The van der Waals surface area contributed by atoms with Crippen molar-refractivity contribution in [2.45, 2.75) is 51.9 Å². The fourth-order valence-corrected chi connectivity index (χ4v) is 1.56. The minimum atomic E-state index is 0.591. The molecule has 0 unspecified atom stereocenters. The summed E-state index contributed by atoms with van der Waals surface area (Å²) in [7, 11) is 1.73. The molecule has 0 aliphatic carbocycles. The molecule has 0 saturated carbocycles. The number of hydrogen-bond donors (Lipinski definition) is 2. The van der Waals surface area contributed by atoms with Crippen molar-refractivity contribution in [3.05, 3.63) is 0 Å². The van der Waals surface area contributed by atoms with Crippen molar-refractivity contribution in [2.75, 3.05) is 26.8 Å². The standard InChI is InChI=1S/C13H29N3O/c1-3-4-5-7-10-15-13(14)16-11-8-6-9-12-17-2/h3-12H2,1-2H3,(H3,14,15,16). The third kappa shape index (κ3) is 13.2. The van der Waals surface area contributed by atoms with Gasteiger partial charge in [0.15, 0.2) is 5.96 Å². The average Bonchev–Trinajstić information content (AvgIpc) is 2.33. The molecule has 0 rings (SSSR count). The summed E-state index contributed by atoms with van der Waals surface area (Å²) in [6.45, 7) is 4.82. The van der Waals surface area contributed by atoms with Gasteiger partial charge in [-0.15, -0.1) is 0 Å². The second-order valence-corrected chi connectivity index (χ2v) is 4.31. The first kappa shape index (κ1) is 16.2. The summed E-state index contributed by atoms with van der Waals surface area (Å²) in [6, 6.07) is 0. The zero-order valence-electron chi connectivity index (χ0n) is 11.5. The van der Waals surface area contributed by atoms with E-state index in [4.69, 9.17) is 10.5 Å². The Morgan fingerprint density at radius 3 is 2.59 bits per heavy atom. The number of rotatable bonds is 11. The van der Waals surface area contributed by atoms with Gasteiger partial charge < -0.3 is 15.8 Å². The summed E-state index contributed by atoms with van der Waals surface area (Å²) in [5.41, 5.74) is 5.74. The molecule has 102 valence electrons. The second kappa shape index (κ2) is 13.3. The van der Waals surface area contributed by atoms with E-state index in [2.05, 4.69) is 17.2 Å². The highest BCUT2D eigenvalue weighted by molar-refractivity contribution is 5.77. The van der Waals surface area contributed by atoms with E-state index in [1.165, 1.54) is 25.7 Å². The third-order valence-electron chi connectivity index (χ3n) is 2.63. The highest BCUT2D eigenvalue weighted by Crippen LogP contribution is 1.97. The molecule has 3 N–H and O–H groups in total. The Bertz CT molecular complexity index is 184. The van der Waals surface area contributed by atoms with E-state index in [1.54, 1.807) is 7.11 Å². The van der Waals surface area contributed by atoms with Crippen LogP contribution in [0.4, 0.5) is 0 Å². The Balaban J connectivity index is 3.26. The summed E-state index contributed by atoms with van der Waals surface area (Å²) in [5.74, 6) is 0.591. The topological polar surface area (TPSA) is 59.6 Å². The second-order valence-electron chi connectivity index (χ2n) is 4.31. The highest BCUT2D eigenvalue weighted by Gasteiger charge is 1.92. The number of nitrogens with one attached hydrogen (secondary N) is 1. The predicted octanol–water partition coefficient (Wildman–Crippen LogP) is 2.29. The Morgan fingerprint density at radius 1 is 1.12 bits per heavy atom. The van der Waals surface area contributed by atoms with Gasteiger partial charge in [-0.3, -0.25) is 4.99 Å². The first-order chi connectivity index (χ1) is 8.31. The Hall–Kier alpha value is -0.770. The molecule has 0 amide bonds. The maximum absolute atomic E-state index is 5.74. The van der Waals surface area contributed by atoms with Gasteiger partial charge in [0, 0.05) is 26.8 Å². The van der Waals surface area contributed by atoms with Crippen molar-refractivity contribution >= 4 is 5.96 Å². The minimum absolute atomic E-state index is 0.591. The van der Waals surface area contributed by atoms with Crippen molar-refractivity contribution in [3.63, 3.8) is 0 Å². The Morgan fingerprint density at radius 2 is 1.88 bits per heavy atom. The van der Waals surface area contributed by atoms with Gasteiger partial charge in [-0.25, -0.2) is 0 Å². The van der Waals surface area contributed by atoms with E-state index in [9.17, 15) is 0 Å². The lowest BCUT2D eigenvalue weighted by molar-refractivity contribution is 0.192. The summed E-state index contributed by atoms with van der Waals surface area (Å²) < 4.78 is 4.98. The van der Waals surface area contributed by atoms with Crippen LogP contribution in [-0.4, -0.2) is 32.8 Å². The number of nitrogens with zero attached hydrogens (tertiary/aromatic N) is 1. The molecule has 0 aliphatic rings. The van der Waals surface area contributed by atoms with E-state index in [1.807, 2.05) is 0 Å². The molecule has 0 spiro atoms. The molecule has 0 aromatic rings. The number of guanidine groups is 1. The van der Waals surface area contributed by atoms with E-state index in [-0.39, 0.29) is 0 Å². The molecule has 0 aromatic carbocycles. The fourth-order valence-electron chi connectivity index (χ4n) is 1.56. The first-order valence-corrected chi connectivity index (χ1v) is 6.84. The summed E-state index contributed by atoms with van der Waals surface area (Å²) >= 11 is 0. The first-order valence-electron chi connectivity index (χ1n) is 6.84. The highest BCUT2D eigenvalue weighted by atomic mass is 16.5. The molecule has 0 aliphatic heterocycles. The predicted molar refractivity (Wildman–Crippen MR) is 74.4 cm³/mol. The van der Waals surface area contributed by atoms with Crippen molar-refractivity contribution < 1.29 is 4.74 Å². The molecule has 17 heavy (non-hydrogen) atoms. The zero-order chi connectivity index (χ0) is 12.8. The molecule has 0 atom stereocenters. The van der Waals surface area contributed by atoms with Crippen LogP contribution in [0.3, 0.4) is 0 Å². The minimum Gasteiger partial charge on any atom is -0.385 e. The Labute approximate surface area is 106 Å². The van der Waals surface area contributed by atoms with Crippen LogP contribution in [0.2, 0.25) is 0 Å². The van der Waals surface area contributed by atoms with Crippen molar-refractivity contribution in [2.24, 2.45) is 10.7 Å². The number of unbranched alkanes of at least 4 members (excludes halogenated alkanes) is 5. The lowest BCUT2D eigenvalue weighted by Crippen LogP contribution is -2.32. The van der Waals surface area contributed by atoms with Crippen LogP contribution in [0.15, 0.2) is 4.99 Å².